The van der Waals surface area contributed by atoms with Crippen LogP contribution >= 0.6 is 11.3 Å². The van der Waals surface area contributed by atoms with Crippen molar-refractivity contribution in [2.45, 2.75) is 26.4 Å². The monoisotopic (exact) mass is 285 g/mol. The van der Waals surface area contributed by atoms with Crippen molar-refractivity contribution >= 4 is 22.2 Å². The normalized spacial score (nSPS) is 11.2. The number of aromatic nitrogens is 2. The lowest BCUT2D eigenvalue weighted by atomic mass is 10.2. The van der Waals surface area contributed by atoms with Gasteiger partial charge in [-0.05, 0) is 37.4 Å². The van der Waals surface area contributed by atoms with Gasteiger partial charge in [-0.3, -0.25) is 0 Å². The molecule has 1 N–H and O–H groups in total. The van der Waals surface area contributed by atoms with Gasteiger partial charge in [0, 0.05) is 29.7 Å². The number of para-hydroxylation sites is 1. The molecule has 0 fully saturated rings. The van der Waals surface area contributed by atoms with Crippen molar-refractivity contribution in [1.29, 1.82) is 0 Å². The molecule has 0 aliphatic heterocycles. The Hall–Kier alpha value is -1.65. The van der Waals surface area contributed by atoms with Crippen LogP contribution in [0.25, 0.3) is 10.9 Å². The van der Waals surface area contributed by atoms with E-state index < -0.39 is 0 Å². The SMILES string of the molecule is Cc1ncsc1CNCCCn1ccc2ccccc21. The third-order valence-corrected chi connectivity index (χ3v) is 4.50. The van der Waals surface area contributed by atoms with E-state index in [1.165, 1.54) is 15.8 Å². The average Bonchev–Trinajstić information content (AvgIpc) is 3.06. The van der Waals surface area contributed by atoms with Gasteiger partial charge in [-0.2, -0.15) is 0 Å². The maximum Gasteiger partial charge on any atom is 0.0798 e. The Bertz CT molecular complexity index is 684. The number of fused-ring (bicyclic) bond motifs is 1. The fraction of sp³-hybridized carbons (Fsp3) is 0.312. The molecule has 1 aromatic carbocycles. The number of hydrogen-bond donors (Lipinski definition) is 1. The van der Waals surface area contributed by atoms with Crippen molar-refractivity contribution in [3.8, 4) is 0 Å². The van der Waals surface area contributed by atoms with Gasteiger partial charge >= 0.3 is 0 Å². The zero-order valence-corrected chi connectivity index (χ0v) is 12.5. The maximum absolute atomic E-state index is 4.26. The average molecular weight is 285 g/mol. The second-order valence-corrected chi connectivity index (χ2v) is 5.90. The van der Waals surface area contributed by atoms with Crippen molar-refractivity contribution in [2.24, 2.45) is 0 Å². The zero-order chi connectivity index (χ0) is 13.8. The van der Waals surface area contributed by atoms with Gasteiger partial charge in [-0.1, -0.05) is 18.2 Å². The molecule has 0 unspecified atom stereocenters. The van der Waals surface area contributed by atoms with Gasteiger partial charge in [0.1, 0.15) is 0 Å². The molecule has 0 radical (unpaired) electrons. The van der Waals surface area contributed by atoms with Crippen LogP contribution < -0.4 is 5.32 Å². The second kappa shape index (κ2) is 6.20. The fourth-order valence-electron chi connectivity index (χ4n) is 2.41. The molecule has 0 bridgehead atoms. The van der Waals surface area contributed by atoms with E-state index in [4.69, 9.17) is 0 Å². The van der Waals surface area contributed by atoms with E-state index >= 15 is 0 Å². The first-order chi connectivity index (χ1) is 9.84. The van der Waals surface area contributed by atoms with Crippen LogP contribution in [0.4, 0.5) is 0 Å². The first kappa shape index (κ1) is 13.3. The molecule has 3 nitrogen and oxygen atoms in total. The Labute approximate surface area is 123 Å². The summed E-state index contributed by atoms with van der Waals surface area (Å²) < 4.78 is 2.33. The third-order valence-electron chi connectivity index (χ3n) is 3.56. The standard InChI is InChI=1S/C16H19N3S/c1-13-16(20-12-18-13)11-17-8-4-9-19-10-7-14-5-2-3-6-15(14)19/h2-3,5-7,10,12,17H,4,8-9,11H2,1H3. The summed E-state index contributed by atoms with van der Waals surface area (Å²) in [6, 6.07) is 10.7. The number of nitrogens with one attached hydrogen (secondary N) is 1. The van der Waals surface area contributed by atoms with Crippen LogP contribution in [-0.2, 0) is 13.1 Å². The lowest BCUT2D eigenvalue weighted by Gasteiger charge is -2.06. The first-order valence-corrected chi connectivity index (χ1v) is 7.86. The highest BCUT2D eigenvalue weighted by molar-refractivity contribution is 7.09. The van der Waals surface area contributed by atoms with E-state index in [-0.39, 0.29) is 0 Å². The van der Waals surface area contributed by atoms with E-state index in [2.05, 4.69) is 58.3 Å². The van der Waals surface area contributed by atoms with Gasteiger partial charge in [0.2, 0.25) is 0 Å². The highest BCUT2D eigenvalue weighted by atomic mass is 32.1. The number of benzene rings is 1. The maximum atomic E-state index is 4.26. The summed E-state index contributed by atoms with van der Waals surface area (Å²) in [5, 5.41) is 4.82. The molecular weight excluding hydrogens is 266 g/mol. The van der Waals surface area contributed by atoms with Crippen molar-refractivity contribution in [2.75, 3.05) is 6.54 Å². The summed E-state index contributed by atoms with van der Waals surface area (Å²) in [6.07, 6.45) is 3.31. The number of thiazole rings is 1. The molecule has 3 rings (SSSR count). The van der Waals surface area contributed by atoms with E-state index in [1.807, 2.05) is 5.51 Å². The van der Waals surface area contributed by atoms with Gasteiger partial charge in [-0.25, -0.2) is 4.98 Å². The molecule has 0 saturated carbocycles. The highest BCUT2D eigenvalue weighted by Gasteiger charge is 2.01. The smallest absolute Gasteiger partial charge is 0.0798 e. The first-order valence-electron chi connectivity index (χ1n) is 6.98. The summed E-state index contributed by atoms with van der Waals surface area (Å²) in [5.41, 5.74) is 4.39. The third kappa shape index (κ3) is 2.92. The molecule has 2 aromatic heterocycles. The van der Waals surface area contributed by atoms with E-state index in [1.54, 1.807) is 11.3 Å². The molecule has 0 saturated heterocycles. The molecule has 4 heteroatoms. The second-order valence-electron chi connectivity index (χ2n) is 4.96. The summed E-state index contributed by atoms with van der Waals surface area (Å²) in [4.78, 5) is 5.61. The van der Waals surface area contributed by atoms with Crippen LogP contribution in [0.1, 0.15) is 17.0 Å². The highest BCUT2D eigenvalue weighted by Crippen LogP contribution is 2.15. The fourth-order valence-corrected chi connectivity index (χ4v) is 3.15. The summed E-state index contributed by atoms with van der Waals surface area (Å²) in [5.74, 6) is 0. The minimum absolute atomic E-state index is 0.933. The minimum atomic E-state index is 0.933. The van der Waals surface area contributed by atoms with Crippen molar-refractivity contribution < 1.29 is 0 Å². The predicted molar refractivity (Wildman–Crippen MR) is 85.1 cm³/mol. The lowest BCUT2D eigenvalue weighted by molar-refractivity contribution is 0.592. The molecule has 0 atom stereocenters. The Balaban J connectivity index is 1.47. The number of nitrogens with zero attached hydrogens (tertiary/aromatic N) is 2. The quantitative estimate of drug-likeness (QED) is 0.701. The van der Waals surface area contributed by atoms with Crippen molar-refractivity contribution in [3.63, 3.8) is 0 Å². The van der Waals surface area contributed by atoms with Crippen LogP contribution in [0.5, 0.6) is 0 Å². The van der Waals surface area contributed by atoms with Crippen LogP contribution in [0.3, 0.4) is 0 Å². The molecule has 0 aliphatic rings. The Morgan fingerprint density at radius 2 is 2.15 bits per heavy atom. The van der Waals surface area contributed by atoms with Gasteiger partial charge < -0.3 is 9.88 Å². The summed E-state index contributed by atoms with van der Waals surface area (Å²) in [6.45, 7) is 5.09. The minimum Gasteiger partial charge on any atom is -0.347 e. The van der Waals surface area contributed by atoms with Crippen LogP contribution in [0.2, 0.25) is 0 Å². The molecule has 0 aliphatic carbocycles. The molecule has 20 heavy (non-hydrogen) atoms. The largest absolute Gasteiger partial charge is 0.347 e. The summed E-state index contributed by atoms with van der Waals surface area (Å²) >= 11 is 1.73. The predicted octanol–water partition coefficient (Wildman–Crippen LogP) is 3.59. The Morgan fingerprint density at radius 3 is 3.00 bits per heavy atom. The van der Waals surface area contributed by atoms with Crippen LogP contribution in [0, 0.1) is 6.92 Å². The number of rotatable bonds is 6. The Kier molecular flexibility index (Phi) is 4.14. The van der Waals surface area contributed by atoms with Gasteiger partial charge in [0.15, 0.2) is 0 Å². The van der Waals surface area contributed by atoms with E-state index in [9.17, 15) is 0 Å². The van der Waals surface area contributed by atoms with Gasteiger partial charge in [0.05, 0.1) is 11.2 Å². The van der Waals surface area contributed by atoms with Crippen molar-refractivity contribution in [3.05, 3.63) is 52.6 Å². The van der Waals surface area contributed by atoms with E-state index in [0.717, 1.165) is 31.7 Å². The molecule has 0 spiro atoms. The molecule has 2 heterocycles. The number of aryl methyl sites for hydroxylation is 2. The van der Waals surface area contributed by atoms with Gasteiger partial charge in [-0.15, -0.1) is 11.3 Å². The topological polar surface area (TPSA) is 29.9 Å². The lowest BCUT2D eigenvalue weighted by Crippen LogP contribution is -2.16. The van der Waals surface area contributed by atoms with E-state index in [0.29, 0.717) is 0 Å². The van der Waals surface area contributed by atoms with Gasteiger partial charge in [0.25, 0.3) is 0 Å². The van der Waals surface area contributed by atoms with Crippen LogP contribution in [-0.4, -0.2) is 16.1 Å². The number of hydrogen-bond acceptors (Lipinski definition) is 3. The van der Waals surface area contributed by atoms with Crippen LogP contribution in [0.15, 0.2) is 42.0 Å². The molecule has 0 amide bonds. The molecule has 3 aromatic rings. The van der Waals surface area contributed by atoms with Crippen molar-refractivity contribution in [1.82, 2.24) is 14.9 Å². The molecule has 104 valence electrons. The molecular formula is C16H19N3S. The zero-order valence-electron chi connectivity index (χ0n) is 11.7. The Morgan fingerprint density at radius 1 is 1.25 bits per heavy atom. The summed E-state index contributed by atoms with van der Waals surface area (Å²) in [7, 11) is 0.